The maximum Gasteiger partial charge on any atom is 0.341 e. The summed E-state index contributed by atoms with van der Waals surface area (Å²) < 4.78 is 11.6. The minimum Gasteiger partial charge on any atom is -0.462 e. The Morgan fingerprint density at radius 1 is 1.36 bits per heavy atom. The van der Waals surface area contributed by atoms with Crippen molar-refractivity contribution < 1.29 is 19.1 Å². The molecular formula is C18H18BrNO4S. The molecule has 2 aromatic rings. The molecule has 1 aromatic carbocycles. The fourth-order valence-electron chi connectivity index (χ4n) is 2.67. The molecule has 1 saturated heterocycles. The summed E-state index contributed by atoms with van der Waals surface area (Å²) in [5, 5.41) is 5.20. The van der Waals surface area contributed by atoms with Gasteiger partial charge in [0, 0.05) is 22.0 Å². The molecule has 0 unspecified atom stereocenters. The number of nitrogens with one attached hydrogen (secondary N) is 1. The van der Waals surface area contributed by atoms with E-state index in [1.54, 1.807) is 6.92 Å². The first-order valence-corrected chi connectivity index (χ1v) is 9.74. The number of carbonyl (C=O) groups excluding carboxylic acids is 2. The van der Waals surface area contributed by atoms with Crippen molar-refractivity contribution in [2.24, 2.45) is 0 Å². The van der Waals surface area contributed by atoms with Gasteiger partial charge < -0.3 is 14.8 Å². The molecule has 5 nitrogen and oxygen atoms in total. The monoisotopic (exact) mass is 423 g/mol. The maximum atomic E-state index is 12.5. The molecule has 2 heterocycles. The second-order valence-electron chi connectivity index (χ2n) is 5.57. The van der Waals surface area contributed by atoms with Crippen LogP contribution in [0.3, 0.4) is 0 Å². The molecule has 132 valence electrons. The van der Waals surface area contributed by atoms with Crippen LogP contribution in [0.15, 0.2) is 34.1 Å². The number of esters is 1. The van der Waals surface area contributed by atoms with Gasteiger partial charge in [0.2, 0.25) is 0 Å². The van der Waals surface area contributed by atoms with Crippen molar-refractivity contribution in [2.75, 3.05) is 18.5 Å². The Bertz CT molecular complexity index is 766. The molecule has 7 heteroatoms. The van der Waals surface area contributed by atoms with Gasteiger partial charge in [-0.3, -0.25) is 4.79 Å². The highest BCUT2D eigenvalue weighted by molar-refractivity contribution is 9.10. The summed E-state index contributed by atoms with van der Waals surface area (Å²) in [7, 11) is 0. The molecule has 1 atom stereocenters. The summed E-state index contributed by atoms with van der Waals surface area (Å²) in [5.74, 6) is -0.656. The van der Waals surface area contributed by atoms with Crippen LogP contribution in [0, 0.1) is 0 Å². The van der Waals surface area contributed by atoms with Crippen LogP contribution in [0.1, 0.15) is 30.1 Å². The van der Waals surface area contributed by atoms with Crippen molar-refractivity contribution in [1.82, 2.24) is 0 Å². The summed E-state index contributed by atoms with van der Waals surface area (Å²) in [4.78, 5) is 24.8. The molecule has 1 aliphatic rings. The Morgan fingerprint density at radius 2 is 2.12 bits per heavy atom. The second-order valence-corrected chi connectivity index (χ2v) is 7.37. The number of hydrogen-bond acceptors (Lipinski definition) is 5. The first-order valence-electron chi connectivity index (χ1n) is 8.07. The van der Waals surface area contributed by atoms with Crippen molar-refractivity contribution >= 4 is 44.1 Å². The normalized spacial score (nSPS) is 16.6. The zero-order valence-electron chi connectivity index (χ0n) is 13.7. The van der Waals surface area contributed by atoms with Crippen LogP contribution in [0.25, 0.3) is 11.1 Å². The Hall–Kier alpha value is -1.70. The first-order chi connectivity index (χ1) is 12.1. The zero-order valence-corrected chi connectivity index (χ0v) is 16.1. The molecule has 3 rings (SSSR count). The van der Waals surface area contributed by atoms with E-state index in [2.05, 4.69) is 21.2 Å². The predicted molar refractivity (Wildman–Crippen MR) is 101 cm³/mol. The van der Waals surface area contributed by atoms with E-state index in [-0.39, 0.29) is 12.5 Å². The Kier molecular flexibility index (Phi) is 5.88. The van der Waals surface area contributed by atoms with Gasteiger partial charge in [0.15, 0.2) is 0 Å². The summed E-state index contributed by atoms with van der Waals surface area (Å²) in [6.07, 6.45) is 1.12. The Labute approximate surface area is 158 Å². The Morgan fingerprint density at radius 3 is 2.76 bits per heavy atom. The summed E-state index contributed by atoms with van der Waals surface area (Å²) >= 11 is 4.72. The molecule has 1 amide bonds. The SMILES string of the molecule is CCOC(=O)c1c(-c2ccc(Br)cc2)csc1NC(=O)[C@@H]1CCCO1. The topological polar surface area (TPSA) is 64.6 Å². The number of carbonyl (C=O) groups is 2. The van der Waals surface area contributed by atoms with E-state index in [1.807, 2.05) is 29.6 Å². The van der Waals surface area contributed by atoms with Crippen molar-refractivity contribution in [1.29, 1.82) is 0 Å². The number of hydrogen-bond donors (Lipinski definition) is 1. The molecule has 0 bridgehead atoms. The number of ether oxygens (including phenoxy) is 2. The molecule has 25 heavy (non-hydrogen) atoms. The van der Waals surface area contributed by atoms with Crippen LogP contribution in [0.2, 0.25) is 0 Å². The number of amides is 1. The van der Waals surface area contributed by atoms with Gasteiger partial charge in [-0.05, 0) is 37.5 Å². The minimum absolute atomic E-state index is 0.216. The lowest BCUT2D eigenvalue weighted by atomic mass is 10.0. The number of rotatable bonds is 5. The van der Waals surface area contributed by atoms with Crippen LogP contribution in [-0.2, 0) is 14.3 Å². The quantitative estimate of drug-likeness (QED) is 0.720. The van der Waals surface area contributed by atoms with Gasteiger partial charge in [0.1, 0.15) is 16.7 Å². The molecular weight excluding hydrogens is 406 g/mol. The smallest absolute Gasteiger partial charge is 0.341 e. The average Bonchev–Trinajstić information content (AvgIpc) is 3.25. The molecule has 1 aliphatic heterocycles. The third kappa shape index (κ3) is 4.11. The average molecular weight is 424 g/mol. The van der Waals surface area contributed by atoms with Crippen LogP contribution in [0.4, 0.5) is 5.00 Å². The molecule has 1 aromatic heterocycles. The summed E-state index contributed by atoms with van der Waals surface area (Å²) in [6.45, 7) is 2.62. The zero-order chi connectivity index (χ0) is 17.8. The number of halogens is 1. The molecule has 1 N–H and O–H groups in total. The molecule has 0 spiro atoms. The second kappa shape index (κ2) is 8.12. The number of thiophene rings is 1. The lowest BCUT2D eigenvalue weighted by Gasteiger charge is -2.11. The molecule has 0 radical (unpaired) electrons. The first kappa shape index (κ1) is 18.1. The van der Waals surface area contributed by atoms with Gasteiger partial charge in [-0.15, -0.1) is 11.3 Å². The predicted octanol–water partition coefficient (Wildman–Crippen LogP) is 4.47. The van der Waals surface area contributed by atoms with E-state index in [4.69, 9.17) is 9.47 Å². The third-order valence-corrected chi connectivity index (χ3v) is 5.31. The highest BCUT2D eigenvalue weighted by atomic mass is 79.9. The third-order valence-electron chi connectivity index (χ3n) is 3.88. The van der Waals surface area contributed by atoms with E-state index in [1.165, 1.54) is 11.3 Å². The van der Waals surface area contributed by atoms with E-state index < -0.39 is 12.1 Å². The van der Waals surface area contributed by atoms with Crippen LogP contribution >= 0.6 is 27.3 Å². The largest absolute Gasteiger partial charge is 0.462 e. The van der Waals surface area contributed by atoms with Crippen LogP contribution in [-0.4, -0.2) is 31.2 Å². The Balaban J connectivity index is 1.93. The minimum atomic E-state index is -0.451. The fraction of sp³-hybridized carbons (Fsp3) is 0.333. The van der Waals surface area contributed by atoms with Crippen molar-refractivity contribution in [3.8, 4) is 11.1 Å². The maximum absolute atomic E-state index is 12.5. The van der Waals surface area contributed by atoms with Gasteiger partial charge >= 0.3 is 5.97 Å². The highest BCUT2D eigenvalue weighted by Crippen LogP contribution is 2.37. The molecule has 0 saturated carbocycles. The highest BCUT2D eigenvalue weighted by Gasteiger charge is 2.27. The van der Waals surface area contributed by atoms with Crippen molar-refractivity contribution in [3.63, 3.8) is 0 Å². The number of benzene rings is 1. The van der Waals surface area contributed by atoms with Gasteiger partial charge in [-0.25, -0.2) is 4.79 Å². The standard InChI is InChI=1S/C18H18BrNO4S/c1-2-23-18(22)15-13(11-5-7-12(19)8-6-11)10-25-17(15)20-16(21)14-4-3-9-24-14/h5-8,10,14H,2-4,9H2,1H3,(H,20,21)/t14-/m0/s1. The van der Waals surface area contributed by atoms with Crippen LogP contribution < -0.4 is 5.32 Å². The van der Waals surface area contributed by atoms with Crippen molar-refractivity contribution in [2.45, 2.75) is 25.9 Å². The van der Waals surface area contributed by atoms with Gasteiger partial charge in [-0.2, -0.15) is 0 Å². The molecule has 1 fully saturated rings. The van der Waals surface area contributed by atoms with Gasteiger partial charge in [0.25, 0.3) is 5.91 Å². The van der Waals surface area contributed by atoms with Crippen LogP contribution in [0.5, 0.6) is 0 Å². The fourth-order valence-corrected chi connectivity index (χ4v) is 3.90. The molecule has 0 aliphatic carbocycles. The van der Waals surface area contributed by atoms with Gasteiger partial charge in [-0.1, -0.05) is 28.1 Å². The van der Waals surface area contributed by atoms with E-state index >= 15 is 0 Å². The van der Waals surface area contributed by atoms with E-state index in [0.29, 0.717) is 23.6 Å². The van der Waals surface area contributed by atoms with E-state index in [0.717, 1.165) is 22.0 Å². The van der Waals surface area contributed by atoms with Crippen molar-refractivity contribution in [3.05, 3.63) is 39.7 Å². The lowest BCUT2D eigenvalue weighted by Crippen LogP contribution is -2.27. The number of anilines is 1. The van der Waals surface area contributed by atoms with Gasteiger partial charge in [0.05, 0.1) is 6.61 Å². The summed E-state index contributed by atoms with van der Waals surface area (Å²) in [5.41, 5.74) is 2.03. The summed E-state index contributed by atoms with van der Waals surface area (Å²) in [6, 6.07) is 7.65. The lowest BCUT2D eigenvalue weighted by molar-refractivity contribution is -0.124. The van der Waals surface area contributed by atoms with E-state index in [9.17, 15) is 9.59 Å².